The molecule has 1 heterocycles. The summed E-state index contributed by atoms with van der Waals surface area (Å²) in [7, 11) is 2.17. The highest BCUT2D eigenvalue weighted by Crippen LogP contribution is 2.14. The average molecular weight is 213 g/mol. The maximum absolute atomic E-state index is 10.7. The monoisotopic (exact) mass is 213 g/mol. The van der Waals surface area contributed by atoms with E-state index in [1.54, 1.807) is 0 Å². The lowest BCUT2D eigenvalue weighted by Crippen LogP contribution is -2.45. The number of carbonyl (C=O) groups is 1. The molecule has 1 rings (SSSR count). The van der Waals surface area contributed by atoms with Crippen molar-refractivity contribution < 1.29 is 4.79 Å². The third kappa shape index (κ3) is 4.62. The molecule has 2 unspecified atom stereocenters. The minimum Gasteiger partial charge on any atom is -0.370 e. The normalized spacial score (nSPS) is 25.1. The fourth-order valence-electron chi connectivity index (χ4n) is 2.11. The Morgan fingerprint density at radius 3 is 2.93 bits per heavy atom. The van der Waals surface area contributed by atoms with Gasteiger partial charge in [0.05, 0.1) is 0 Å². The van der Waals surface area contributed by atoms with E-state index in [9.17, 15) is 4.79 Å². The number of primary amides is 1. The number of hydrogen-bond donors (Lipinski definition) is 2. The summed E-state index contributed by atoms with van der Waals surface area (Å²) in [5.74, 6) is -0.230. The largest absolute Gasteiger partial charge is 0.370 e. The molecule has 0 aromatic carbocycles. The summed E-state index contributed by atoms with van der Waals surface area (Å²) in [6, 6.07) is 0.812. The van der Waals surface area contributed by atoms with Gasteiger partial charge in [0.2, 0.25) is 5.91 Å². The van der Waals surface area contributed by atoms with Crippen LogP contribution in [0, 0.1) is 0 Å². The van der Waals surface area contributed by atoms with Crippen LogP contribution in [0.4, 0.5) is 0 Å². The summed E-state index contributed by atoms with van der Waals surface area (Å²) < 4.78 is 0. The van der Waals surface area contributed by atoms with Crippen LogP contribution >= 0.6 is 0 Å². The molecular weight excluding hydrogens is 190 g/mol. The maximum atomic E-state index is 10.7. The van der Waals surface area contributed by atoms with E-state index in [1.165, 1.54) is 25.8 Å². The average Bonchev–Trinajstić information content (AvgIpc) is 2.15. The summed E-state index contributed by atoms with van der Waals surface area (Å²) in [6.45, 7) is 4.16. The SMILES string of the molecule is CC(CC(N)=O)NCC1CCCCN1C. The summed E-state index contributed by atoms with van der Waals surface area (Å²) in [5.41, 5.74) is 5.14. The second-order valence-corrected chi connectivity index (χ2v) is 4.61. The number of nitrogens with zero attached hydrogens (tertiary/aromatic N) is 1. The van der Waals surface area contributed by atoms with E-state index in [0.717, 1.165) is 6.54 Å². The van der Waals surface area contributed by atoms with Crippen LogP contribution in [0.5, 0.6) is 0 Å². The summed E-state index contributed by atoms with van der Waals surface area (Å²) in [4.78, 5) is 13.1. The maximum Gasteiger partial charge on any atom is 0.218 e. The molecule has 0 radical (unpaired) electrons. The van der Waals surface area contributed by atoms with E-state index >= 15 is 0 Å². The molecule has 2 atom stereocenters. The van der Waals surface area contributed by atoms with E-state index in [0.29, 0.717) is 12.5 Å². The van der Waals surface area contributed by atoms with Gasteiger partial charge in [0.15, 0.2) is 0 Å². The predicted octanol–water partition coefficient (Wildman–Crippen LogP) is 0.324. The first-order chi connectivity index (χ1) is 7.09. The van der Waals surface area contributed by atoms with E-state index in [1.807, 2.05) is 6.92 Å². The van der Waals surface area contributed by atoms with Gasteiger partial charge in [0, 0.05) is 25.0 Å². The van der Waals surface area contributed by atoms with Crippen molar-refractivity contribution in [1.82, 2.24) is 10.2 Å². The zero-order valence-electron chi connectivity index (χ0n) is 9.83. The Morgan fingerprint density at radius 1 is 1.60 bits per heavy atom. The second-order valence-electron chi connectivity index (χ2n) is 4.61. The number of rotatable bonds is 5. The number of hydrogen-bond acceptors (Lipinski definition) is 3. The van der Waals surface area contributed by atoms with Crippen molar-refractivity contribution in [2.24, 2.45) is 5.73 Å². The molecule has 0 aliphatic carbocycles. The molecule has 1 aliphatic heterocycles. The van der Waals surface area contributed by atoms with Crippen molar-refractivity contribution in [3.8, 4) is 0 Å². The van der Waals surface area contributed by atoms with Crippen molar-refractivity contribution in [2.75, 3.05) is 20.1 Å². The third-order valence-electron chi connectivity index (χ3n) is 3.13. The third-order valence-corrected chi connectivity index (χ3v) is 3.13. The van der Waals surface area contributed by atoms with Gasteiger partial charge >= 0.3 is 0 Å². The molecule has 15 heavy (non-hydrogen) atoms. The number of likely N-dealkylation sites (N-methyl/N-ethyl adjacent to an activating group) is 1. The first-order valence-electron chi connectivity index (χ1n) is 5.81. The Hall–Kier alpha value is -0.610. The van der Waals surface area contributed by atoms with Crippen LogP contribution in [0.25, 0.3) is 0 Å². The van der Waals surface area contributed by atoms with Crippen LogP contribution in [-0.4, -0.2) is 43.0 Å². The highest BCUT2D eigenvalue weighted by atomic mass is 16.1. The summed E-state index contributed by atoms with van der Waals surface area (Å²) in [5, 5.41) is 3.37. The van der Waals surface area contributed by atoms with Gasteiger partial charge in [-0.25, -0.2) is 0 Å². The molecule has 3 N–H and O–H groups in total. The van der Waals surface area contributed by atoms with Gasteiger partial charge in [-0.3, -0.25) is 4.79 Å². The summed E-state index contributed by atoms with van der Waals surface area (Å²) >= 11 is 0. The Bertz CT molecular complexity index is 208. The Balaban J connectivity index is 2.20. The van der Waals surface area contributed by atoms with Crippen LogP contribution in [0.1, 0.15) is 32.6 Å². The molecule has 0 aromatic rings. The van der Waals surface area contributed by atoms with E-state index in [-0.39, 0.29) is 11.9 Å². The lowest BCUT2D eigenvalue weighted by molar-refractivity contribution is -0.118. The van der Waals surface area contributed by atoms with Gasteiger partial charge < -0.3 is 16.0 Å². The minimum absolute atomic E-state index is 0.192. The van der Waals surface area contributed by atoms with E-state index in [2.05, 4.69) is 17.3 Å². The Kier molecular flexibility index (Phi) is 5.05. The second kappa shape index (κ2) is 6.08. The van der Waals surface area contributed by atoms with Crippen molar-refractivity contribution in [1.29, 1.82) is 0 Å². The zero-order valence-corrected chi connectivity index (χ0v) is 9.83. The van der Waals surface area contributed by atoms with Crippen molar-refractivity contribution in [3.05, 3.63) is 0 Å². The smallest absolute Gasteiger partial charge is 0.218 e. The molecule has 4 nitrogen and oxygen atoms in total. The number of amides is 1. The van der Waals surface area contributed by atoms with Gasteiger partial charge in [-0.15, -0.1) is 0 Å². The Labute approximate surface area is 92.2 Å². The molecule has 1 aliphatic rings. The van der Waals surface area contributed by atoms with Crippen LogP contribution < -0.4 is 11.1 Å². The van der Waals surface area contributed by atoms with Gasteiger partial charge in [-0.05, 0) is 33.4 Å². The summed E-state index contributed by atoms with van der Waals surface area (Å²) in [6.07, 6.45) is 4.31. The molecule has 4 heteroatoms. The van der Waals surface area contributed by atoms with Gasteiger partial charge in [-0.1, -0.05) is 6.42 Å². The molecule has 1 fully saturated rings. The fraction of sp³-hybridized carbons (Fsp3) is 0.909. The standard InChI is InChI=1S/C11H23N3O/c1-9(7-11(12)15)13-8-10-5-3-4-6-14(10)2/h9-10,13H,3-8H2,1-2H3,(H2,12,15). The van der Waals surface area contributed by atoms with Crippen LogP contribution in [0.3, 0.4) is 0 Å². The van der Waals surface area contributed by atoms with Gasteiger partial charge in [-0.2, -0.15) is 0 Å². The van der Waals surface area contributed by atoms with Crippen molar-refractivity contribution >= 4 is 5.91 Å². The molecular formula is C11H23N3O. The molecule has 0 bridgehead atoms. The van der Waals surface area contributed by atoms with Gasteiger partial charge in [0.1, 0.15) is 0 Å². The molecule has 1 amide bonds. The number of nitrogens with one attached hydrogen (secondary N) is 1. The number of carbonyl (C=O) groups excluding carboxylic acids is 1. The first-order valence-corrected chi connectivity index (χ1v) is 5.81. The highest BCUT2D eigenvalue weighted by Gasteiger charge is 2.19. The van der Waals surface area contributed by atoms with Crippen molar-refractivity contribution in [2.45, 2.75) is 44.7 Å². The number of piperidine rings is 1. The topological polar surface area (TPSA) is 58.4 Å². The van der Waals surface area contributed by atoms with Crippen LogP contribution in [-0.2, 0) is 4.79 Å². The molecule has 0 saturated carbocycles. The van der Waals surface area contributed by atoms with E-state index < -0.39 is 0 Å². The minimum atomic E-state index is -0.230. The number of likely N-dealkylation sites (tertiary alicyclic amines) is 1. The molecule has 88 valence electrons. The fourth-order valence-corrected chi connectivity index (χ4v) is 2.11. The van der Waals surface area contributed by atoms with E-state index in [4.69, 9.17) is 5.73 Å². The molecule has 0 aromatic heterocycles. The molecule has 1 saturated heterocycles. The quantitative estimate of drug-likeness (QED) is 0.691. The predicted molar refractivity (Wildman–Crippen MR) is 61.5 cm³/mol. The van der Waals surface area contributed by atoms with Crippen LogP contribution in [0.2, 0.25) is 0 Å². The zero-order chi connectivity index (χ0) is 11.3. The molecule has 0 spiro atoms. The Morgan fingerprint density at radius 2 is 2.33 bits per heavy atom. The number of nitrogens with two attached hydrogens (primary N) is 1. The lowest BCUT2D eigenvalue weighted by atomic mass is 10.0. The van der Waals surface area contributed by atoms with Gasteiger partial charge in [0.25, 0.3) is 0 Å². The van der Waals surface area contributed by atoms with Crippen molar-refractivity contribution in [3.63, 3.8) is 0 Å². The highest BCUT2D eigenvalue weighted by molar-refractivity contribution is 5.74. The van der Waals surface area contributed by atoms with Crippen LogP contribution in [0.15, 0.2) is 0 Å². The lowest BCUT2D eigenvalue weighted by Gasteiger charge is -2.33. The first kappa shape index (κ1) is 12.5.